The number of carbonyl (C=O) groups excluding carboxylic acids is 2. The minimum Gasteiger partial charge on any atom is -0.493 e. The summed E-state index contributed by atoms with van der Waals surface area (Å²) in [6, 6.07) is 5.84. The van der Waals surface area contributed by atoms with E-state index in [-0.39, 0.29) is 29.0 Å². The van der Waals surface area contributed by atoms with E-state index < -0.39 is 12.1 Å². The van der Waals surface area contributed by atoms with Gasteiger partial charge in [-0.2, -0.15) is 0 Å². The maximum absolute atomic E-state index is 13.4. The van der Waals surface area contributed by atoms with E-state index in [4.69, 9.17) is 18.9 Å². The predicted octanol–water partition coefficient (Wildman–Crippen LogP) is 3.59. The van der Waals surface area contributed by atoms with Crippen LogP contribution in [0, 0.1) is 0 Å². The first-order valence-corrected chi connectivity index (χ1v) is 13.5. The average Bonchev–Trinajstić information content (AvgIpc) is 3.15. The molecule has 0 spiro atoms. The Morgan fingerprint density at radius 1 is 1.02 bits per heavy atom. The van der Waals surface area contributed by atoms with Crippen LogP contribution in [0.5, 0.6) is 17.2 Å². The number of carbonyl (C=O) groups is 2. The second-order valence-electron chi connectivity index (χ2n) is 10.0. The lowest BCUT2D eigenvalue weighted by Crippen LogP contribution is -2.39. The highest BCUT2D eigenvalue weighted by Gasteiger charge is 2.29. The molecular formula is C30H41N3O7. The fraction of sp³-hybridized carbons (Fsp3) is 0.500. The Labute approximate surface area is 235 Å². The van der Waals surface area contributed by atoms with Gasteiger partial charge in [-0.05, 0) is 74.9 Å². The largest absolute Gasteiger partial charge is 0.493 e. The molecule has 2 amide bonds. The topological polar surface area (TPSA) is 124 Å². The molecule has 2 aromatic carbocycles. The second kappa shape index (κ2) is 14.0. The quantitative estimate of drug-likeness (QED) is 0.340. The second-order valence-corrected chi connectivity index (χ2v) is 10.0. The summed E-state index contributed by atoms with van der Waals surface area (Å²) in [5.74, 6) is 1.01. The molecule has 0 aromatic heterocycles. The molecule has 2 aromatic rings. The lowest BCUT2D eigenvalue weighted by molar-refractivity contribution is -0.121. The Bertz CT molecular complexity index is 1280. The molecule has 0 saturated heterocycles. The normalized spacial score (nSPS) is 14.8. The number of anilines is 1. The lowest BCUT2D eigenvalue weighted by Gasteiger charge is -2.19. The monoisotopic (exact) mass is 555 g/mol. The van der Waals surface area contributed by atoms with Gasteiger partial charge in [-0.15, -0.1) is 0 Å². The van der Waals surface area contributed by atoms with Gasteiger partial charge in [0, 0.05) is 25.6 Å². The van der Waals surface area contributed by atoms with Gasteiger partial charge in [0.2, 0.25) is 23.0 Å². The zero-order valence-corrected chi connectivity index (χ0v) is 24.4. The van der Waals surface area contributed by atoms with Crippen LogP contribution in [0.4, 0.5) is 5.69 Å². The minimum atomic E-state index is -0.654. The van der Waals surface area contributed by atoms with Crippen molar-refractivity contribution in [3.05, 3.63) is 45.6 Å². The summed E-state index contributed by atoms with van der Waals surface area (Å²) in [7, 11) is 4.65. The van der Waals surface area contributed by atoms with Crippen molar-refractivity contribution in [2.45, 2.75) is 65.1 Å². The van der Waals surface area contributed by atoms with Gasteiger partial charge in [0.25, 0.3) is 0 Å². The highest BCUT2D eigenvalue weighted by atomic mass is 16.5. The third-order valence-electron chi connectivity index (χ3n) is 6.75. The molecule has 3 rings (SSSR count). The van der Waals surface area contributed by atoms with Crippen molar-refractivity contribution in [3.8, 4) is 28.4 Å². The molecule has 40 heavy (non-hydrogen) atoms. The van der Waals surface area contributed by atoms with Crippen molar-refractivity contribution in [1.82, 2.24) is 10.6 Å². The van der Waals surface area contributed by atoms with Gasteiger partial charge in [-0.1, -0.05) is 6.07 Å². The fourth-order valence-electron chi connectivity index (χ4n) is 4.88. The van der Waals surface area contributed by atoms with Gasteiger partial charge in [-0.3, -0.25) is 14.4 Å². The van der Waals surface area contributed by atoms with E-state index in [2.05, 4.69) is 16.0 Å². The van der Waals surface area contributed by atoms with E-state index in [1.54, 1.807) is 27.2 Å². The standard InChI is InChI=1S/C30H41N3O7/c1-17(2)40-14-8-13-31-30(36)18(3)32-24-12-10-21-22(16-25(24)35)23(33-19(4)34)11-9-20-15-26(37-5)28(38-6)29(39-7)27(20)21/h10,12,15-18,23H,8-9,11,13-14H2,1-7H3,(H,31,36)(H,32,35)(H,33,34). The van der Waals surface area contributed by atoms with Crippen molar-refractivity contribution in [2.75, 3.05) is 39.8 Å². The molecule has 0 heterocycles. The predicted molar refractivity (Wildman–Crippen MR) is 154 cm³/mol. The number of hydrogen-bond donors (Lipinski definition) is 3. The summed E-state index contributed by atoms with van der Waals surface area (Å²) in [6.07, 6.45) is 2.00. The van der Waals surface area contributed by atoms with Crippen LogP contribution in [0.25, 0.3) is 11.1 Å². The van der Waals surface area contributed by atoms with Gasteiger partial charge < -0.3 is 34.9 Å². The summed E-state index contributed by atoms with van der Waals surface area (Å²) >= 11 is 0. The lowest BCUT2D eigenvalue weighted by atomic mass is 9.95. The number of ether oxygens (including phenoxy) is 4. The molecule has 0 aliphatic heterocycles. The first-order chi connectivity index (χ1) is 19.1. The van der Waals surface area contributed by atoms with E-state index in [9.17, 15) is 14.4 Å². The summed E-state index contributed by atoms with van der Waals surface area (Å²) in [4.78, 5) is 38.3. The molecule has 3 N–H and O–H groups in total. The fourth-order valence-corrected chi connectivity index (χ4v) is 4.88. The summed E-state index contributed by atoms with van der Waals surface area (Å²) in [5, 5.41) is 8.92. The molecule has 10 nitrogen and oxygen atoms in total. The number of benzene rings is 1. The Morgan fingerprint density at radius 2 is 1.75 bits per heavy atom. The maximum atomic E-state index is 13.4. The van der Waals surface area contributed by atoms with Crippen LogP contribution >= 0.6 is 0 Å². The van der Waals surface area contributed by atoms with Crippen molar-refractivity contribution in [2.24, 2.45) is 0 Å². The van der Waals surface area contributed by atoms with Crippen LogP contribution in [0.2, 0.25) is 0 Å². The van der Waals surface area contributed by atoms with Crippen LogP contribution in [0.1, 0.15) is 57.7 Å². The molecule has 1 aliphatic carbocycles. The molecule has 0 radical (unpaired) electrons. The van der Waals surface area contributed by atoms with Crippen molar-refractivity contribution >= 4 is 17.5 Å². The van der Waals surface area contributed by atoms with Gasteiger partial charge in [0.1, 0.15) is 6.04 Å². The van der Waals surface area contributed by atoms with E-state index in [1.165, 1.54) is 20.1 Å². The molecule has 0 fully saturated rings. The number of hydrogen-bond acceptors (Lipinski definition) is 8. The van der Waals surface area contributed by atoms with E-state index in [0.29, 0.717) is 55.2 Å². The van der Waals surface area contributed by atoms with E-state index in [0.717, 1.165) is 16.7 Å². The smallest absolute Gasteiger partial charge is 0.242 e. The summed E-state index contributed by atoms with van der Waals surface area (Å²) in [6.45, 7) is 8.11. The van der Waals surface area contributed by atoms with Crippen LogP contribution in [0.15, 0.2) is 29.1 Å². The number of amides is 2. The molecule has 1 aliphatic rings. The van der Waals surface area contributed by atoms with Crippen molar-refractivity contribution in [3.63, 3.8) is 0 Å². The molecule has 10 heteroatoms. The number of fused-ring (bicyclic) bond motifs is 3. The van der Waals surface area contributed by atoms with Crippen LogP contribution in [-0.4, -0.2) is 58.4 Å². The maximum Gasteiger partial charge on any atom is 0.242 e. The van der Waals surface area contributed by atoms with Crippen molar-refractivity contribution < 1.29 is 28.5 Å². The van der Waals surface area contributed by atoms with Crippen LogP contribution < -0.4 is 35.6 Å². The highest BCUT2D eigenvalue weighted by Crippen LogP contribution is 2.50. The third-order valence-corrected chi connectivity index (χ3v) is 6.75. The Hall–Kier alpha value is -3.79. The van der Waals surface area contributed by atoms with Gasteiger partial charge in [-0.25, -0.2) is 0 Å². The molecule has 2 unspecified atom stereocenters. The molecule has 0 bridgehead atoms. The molecule has 218 valence electrons. The van der Waals surface area contributed by atoms with Crippen LogP contribution in [0.3, 0.4) is 0 Å². The Kier molecular flexibility index (Phi) is 10.8. The number of methoxy groups -OCH3 is 3. The highest BCUT2D eigenvalue weighted by molar-refractivity contribution is 5.85. The first-order valence-electron chi connectivity index (χ1n) is 13.5. The molecular weight excluding hydrogens is 514 g/mol. The van der Waals surface area contributed by atoms with Crippen LogP contribution in [-0.2, 0) is 20.7 Å². The van der Waals surface area contributed by atoms with Gasteiger partial charge in [0.05, 0.1) is 39.2 Å². The Balaban J connectivity index is 2.02. The summed E-state index contributed by atoms with van der Waals surface area (Å²) in [5.41, 5.74) is 3.03. The van der Waals surface area contributed by atoms with Crippen molar-refractivity contribution in [1.29, 1.82) is 0 Å². The van der Waals surface area contributed by atoms with Gasteiger partial charge in [0.15, 0.2) is 11.5 Å². The summed E-state index contributed by atoms with van der Waals surface area (Å²) < 4.78 is 22.5. The first kappa shape index (κ1) is 30.7. The van der Waals surface area contributed by atoms with E-state index in [1.807, 2.05) is 26.0 Å². The molecule has 2 atom stereocenters. The van der Waals surface area contributed by atoms with E-state index >= 15 is 0 Å². The zero-order valence-electron chi connectivity index (χ0n) is 24.4. The number of nitrogens with one attached hydrogen (secondary N) is 3. The number of aryl methyl sites for hydroxylation is 1. The Morgan fingerprint density at radius 3 is 2.38 bits per heavy atom. The molecule has 0 saturated carbocycles. The SMILES string of the molecule is COc1cc2c(c(OC)c1OC)-c1ccc(NC(C)C(=O)NCCCOC(C)C)c(=O)cc1C(NC(C)=O)CC2. The average molecular weight is 556 g/mol. The minimum absolute atomic E-state index is 0.140. The zero-order chi connectivity index (χ0) is 29.4. The number of rotatable bonds is 12. The van der Waals surface area contributed by atoms with Gasteiger partial charge >= 0.3 is 0 Å². The third kappa shape index (κ3) is 7.24.